The lowest BCUT2D eigenvalue weighted by atomic mass is 10.0. The van der Waals surface area contributed by atoms with E-state index in [1.165, 1.54) is 0 Å². The zero-order valence-corrected chi connectivity index (χ0v) is 14.4. The van der Waals surface area contributed by atoms with E-state index in [2.05, 4.69) is 10.6 Å². The van der Waals surface area contributed by atoms with Crippen molar-refractivity contribution in [2.75, 3.05) is 0 Å². The summed E-state index contributed by atoms with van der Waals surface area (Å²) in [5.74, 6) is -0.471. The Labute approximate surface area is 150 Å². The molecule has 0 heterocycles. The summed E-state index contributed by atoms with van der Waals surface area (Å²) in [5.41, 5.74) is 2.25. The number of aryl methyl sites for hydroxylation is 1. The van der Waals surface area contributed by atoms with Crippen molar-refractivity contribution >= 4 is 39.9 Å². The fourth-order valence-electron chi connectivity index (χ4n) is 2.51. The fraction of sp³-hybridized carbons (Fsp3) is 0.0500. The predicted octanol–water partition coefficient (Wildman–Crippen LogP) is 3.96. The van der Waals surface area contributed by atoms with E-state index in [0.29, 0.717) is 11.1 Å². The number of thiocarbonyl (C=S) groups is 1. The summed E-state index contributed by atoms with van der Waals surface area (Å²) in [6.07, 6.45) is 0. The van der Waals surface area contributed by atoms with Crippen LogP contribution >= 0.6 is 12.2 Å². The number of fused-ring (bicyclic) bond motifs is 1. The molecule has 0 aliphatic heterocycles. The first-order valence-electron chi connectivity index (χ1n) is 7.76. The molecule has 0 aliphatic rings. The summed E-state index contributed by atoms with van der Waals surface area (Å²) in [4.78, 5) is 24.8. The SMILES string of the molecule is Cc1ccc(C(=S)NC(=O)NC(=O)c2cccc3ccccc23)cc1. The van der Waals surface area contributed by atoms with Gasteiger partial charge in [0.2, 0.25) is 0 Å². The molecule has 0 radical (unpaired) electrons. The lowest BCUT2D eigenvalue weighted by Crippen LogP contribution is -2.42. The number of nitrogens with one attached hydrogen (secondary N) is 2. The molecule has 3 aromatic rings. The molecule has 0 unspecified atom stereocenters. The van der Waals surface area contributed by atoms with E-state index in [0.717, 1.165) is 16.3 Å². The van der Waals surface area contributed by atoms with Crippen LogP contribution in [0.15, 0.2) is 66.7 Å². The van der Waals surface area contributed by atoms with Crippen LogP contribution in [0.25, 0.3) is 10.8 Å². The van der Waals surface area contributed by atoms with Gasteiger partial charge in [0.1, 0.15) is 4.99 Å². The smallest absolute Gasteiger partial charge is 0.298 e. The van der Waals surface area contributed by atoms with Crippen molar-refractivity contribution in [3.8, 4) is 0 Å². The molecular weight excluding hydrogens is 332 g/mol. The molecule has 2 N–H and O–H groups in total. The zero-order valence-electron chi connectivity index (χ0n) is 13.6. The molecule has 0 aromatic heterocycles. The number of imide groups is 1. The maximum Gasteiger partial charge on any atom is 0.326 e. The highest BCUT2D eigenvalue weighted by atomic mass is 32.1. The Balaban J connectivity index is 1.71. The van der Waals surface area contributed by atoms with Crippen molar-refractivity contribution < 1.29 is 9.59 Å². The third-order valence-electron chi connectivity index (χ3n) is 3.80. The van der Waals surface area contributed by atoms with Crippen LogP contribution in [0.2, 0.25) is 0 Å². The second-order valence-corrected chi connectivity index (χ2v) is 6.04. The van der Waals surface area contributed by atoms with Crippen molar-refractivity contribution in [3.05, 3.63) is 83.4 Å². The Kier molecular flexibility index (Phi) is 4.86. The minimum Gasteiger partial charge on any atom is -0.298 e. The Morgan fingerprint density at radius 3 is 2.28 bits per heavy atom. The fourth-order valence-corrected chi connectivity index (χ4v) is 2.73. The quantitative estimate of drug-likeness (QED) is 0.689. The molecule has 0 atom stereocenters. The lowest BCUT2D eigenvalue weighted by Gasteiger charge is -2.09. The highest BCUT2D eigenvalue weighted by Crippen LogP contribution is 2.18. The molecule has 3 amide bonds. The second-order valence-electron chi connectivity index (χ2n) is 5.63. The van der Waals surface area contributed by atoms with Gasteiger partial charge >= 0.3 is 6.03 Å². The maximum absolute atomic E-state index is 12.4. The summed E-state index contributed by atoms with van der Waals surface area (Å²) in [5, 5.41) is 6.57. The van der Waals surface area contributed by atoms with Crippen molar-refractivity contribution in [2.24, 2.45) is 0 Å². The number of carbonyl (C=O) groups excluding carboxylic acids is 2. The molecule has 0 fully saturated rings. The Morgan fingerprint density at radius 2 is 1.52 bits per heavy atom. The molecule has 3 rings (SSSR count). The summed E-state index contributed by atoms with van der Waals surface area (Å²) in [7, 11) is 0. The molecule has 0 saturated carbocycles. The second kappa shape index (κ2) is 7.23. The third-order valence-corrected chi connectivity index (χ3v) is 4.14. The minimum atomic E-state index is -0.650. The van der Waals surface area contributed by atoms with E-state index < -0.39 is 11.9 Å². The number of benzene rings is 3. The number of hydrogen-bond acceptors (Lipinski definition) is 3. The van der Waals surface area contributed by atoms with E-state index in [1.54, 1.807) is 12.1 Å². The van der Waals surface area contributed by atoms with Crippen LogP contribution in [0.5, 0.6) is 0 Å². The zero-order chi connectivity index (χ0) is 17.8. The Hall–Kier alpha value is -3.05. The van der Waals surface area contributed by atoms with Gasteiger partial charge in [0.15, 0.2) is 0 Å². The van der Waals surface area contributed by atoms with Gasteiger partial charge in [-0.3, -0.25) is 15.4 Å². The van der Waals surface area contributed by atoms with Crippen molar-refractivity contribution in [3.63, 3.8) is 0 Å². The highest BCUT2D eigenvalue weighted by molar-refractivity contribution is 7.80. The molecule has 5 heteroatoms. The van der Waals surface area contributed by atoms with Gasteiger partial charge in [-0.15, -0.1) is 0 Å². The third kappa shape index (κ3) is 3.89. The molecule has 0 bridgehead atoms. The van der Waals surface area contributed by atoms with Gasteiger partial charge in [0.05, 0.1) is 0 Å². The topological polar surface area (TPSA) is 58.2 Å². The number of amides is 3. The molecule has 0 spiro atoms. The van der Waals surface area contributed by atoms with Crippen LogP contribution in [-0.2, 0) is 0 Å². The lowest BCUT2D eigenvalue weighted by molar-refractivity contribution is 0.0967. The molecule has 3 aromatic carbocycles. The number of rotatable bonds is 2. The van der Waals surface area contributed by atoms with Crippen molar-refractivity contribution in [1.29, 1.82) is 0 Å². The average molecular weight is 348 g/mol. The van der Waals surface area contributed by atoms with Crippen molar-refractivity contribution in [2.45, 2.75) is 6.92 Å². The Bertz CT molecular complexity index is 960. The van der Waals surface area contributed by atoms with Gasteiger partial charge in [0.25, 0.3) is 5.91 Å². The first-order chi connectivity index (χ1) is 12.0. The first-order valence-corrected chi connectivity index (χ1v) is 8.16. The van der Waals surface area contributed by atoms with Gasteiger partial charge in [-0.25, -0.2) is 4.79 Å². The summed E-state index contributed by atoms with van der Waals surface area (Å²) in [6.45, 7) is 1.97. The molecule has 0 aliphatic carbocycles. The normalized spacial score (nSPS) is 10.3. The summed E-state index contributed by atoms with van der Waals surface area (Å²) >= 11 is 5.20. The first kappa shape index (κ1) is 16.8. The highest BCUT2D eigenvalue weighted by Gasteiger charge is 2.14. The van der Waals surface area contributed by atoms with Crippen molar-refractivity contribution in [1.82, 2.24) is 10.6 Å². The minimum absolute atomic E-state index is 0.267. The number of urea groups is 1. The average Bonchev–Trinajstić information content (AvgIpc) is 2.61. The maximum atomic E-state index is 12.4. The van der Waals surface area contributed by atoms with E-state index in [4.69, 9.17) is 12.2 Å². The van der Waals surface area contributed by atoms with Gasteiger partial charge in [-0.2, -0.15) is 0 Å². The predicted molar refractivity (Wildman–Crippen MR) is 103 cm³/mol. The van der Waals surface area contributed by atoms with Crippen LogP contribution in [0, 0.1) is 6.92 Å². The molecule has 0 saturated heterocycles. The molecule has 4 nitrogen and oxygen atoms in total. The van der Waals surface area contributed by atoms with Gasteiger partial charge in [-0.05, 0) is 23.8 Å². The molecule has 124 valence electrons. The van der Waals surface area contributed by atoms with E-state index in [9.17, 15) is 9.59 Å². The van der Waals surface area contributed by atoms with Crippen LogP contribution in [-0.4, -0.2) is 16.9 Å². The summed E-state index contributed by atoms with van der Waals surface area (Å²) < 4.78 is 0. The van der Waals surface area contributed by atoms with Crippen LogP contribution < -0.4 is 10.6 Å². The van der Waals surface area contributed by atoms with E-state index in [-0.39, 0.29) is 4.99 Å². The van der Waals surface area contributed by atoms with E-state index in [1.807, 2.05) is 61.5 Å². The summed E-state index contributed by atoms with van der Waals surface area (Å²) in [6, 6.07) is 19.7. The number of carbonyl (C=O) groups is 2. The molecule has 25 heavy (non-hydrogen) atoms. The number of hydrogen-bond donors (Lipinski definition) is 2. The van der Waals surface area contributed by atoms with Crippen LogP contribution in [0.4, 0.5) is 4.79 Å². The van der Waals surface area contributed by atoms with E-state index >= 15 is 0 Å². The van der Waals surface area contributed by atoms with Gasteiger partial charge < -0.3 is 0 Å². The largest absolute Gasteiger partial charge is 0.326 e. The Morgan fingerprint density at radius 1 is 0.840 bits per heavy atom. The van der Waals surface area contributed by atoms with Crippen LogP contribution in [0.3, 0.4) is 0 Å². The standard InChI is InChI=1S/C20H16N2O2S/c1-13-9-11-15(12-10-13)19(25)22-20(24)21-18(23)17-8-4-6-14-5-2-3-7-16(14)17/h2-12H,1H3,(H2,21,22,23,24,25). The van der Waals surface area contributed by atoms with Crippen LogP contribution in [0.1, 0.15) is 21.5 Å². The van der Waals surface area contributed by atoms with Gasteiger partial charge in [-0.1, -0.05) is 78.4 Å². The van der Waals surface area contributed by atoms with Gasteiger partial charge in [0, 0.05) is 11.1 Å². The molecular formula is C20H16N2O2S. The monoisotopic (exact) mass is 348 g/mol.